The highest BCUT2D eigenvalue weighted by molar-refractivity contribution is 7.86. The Morgan fingerprint density at radius 2 is 1.07 bits per heavy atom. The monoisotopic (exact) mass is 923 g/mol. The number of nitrogens with one attached hydrogen (secondary N) is 2. The van der Waals surface area contributed by atoms with Gasteiger partial charge in [-0.1, -0.05) is 200 Å². The summed E-state index contributed by atoms with van der Waals surface area (Å²) < 4.78 is 48.5. The van der Waals surface area contributed by atoms with Crippen LogP contribution in [0.2, 0.25) is 0 Å². The van der Waals surface area contributed by atoms with Crippen molar-refractivity contribution in [2.75, 3.05) is 25.1 Å². The first-order chi connectivity index (χ1) is 33.2. The predicted octanol–water partition coefficient (Wildman–Crippen LogP) is 9.12. The average Bonchev–Trinajstić information content (AvgIpc) is 3.82. The first kappa shape index (κ1) is 45.6. The van der Waals surface area contributed by atoms with E-state index in [-0.39, 0.29) is 28.6 Å². The van der Waals surface area contributed by atoms with E-state index >= 15 is 0 Å². The van der Waals surface area contributed by atoms with E-state index in [0.29, 0.717) is 0 Å². The Balaban J connectivity index is 1.12. The highest BCUT2D eigenvalue weighted by atomic mass is 32.2. The van der Waals surface area contributed by atoms with Crippen LogP contribution in [0, 0.1) is 6.92 Å². The zero-order valence-electron chi connectivity index (χ0n) is 37.1. The summed E-state index contributed by atoms with van der Waals surface area (Å²) in [5.74, 6) is 0.114. The van der Waals surface area contributed by atoms with Crippen molar-refractivity contribution in [2.24, 2.45) is 0 Å². The Morgan fingerprint density at radius 3 is 1.51 bits per heavy atom. The van der Waals surface area contributed by atoms with E-state index in [9.17, 15) is 18.3 Å². The minimum Gasteiger partial charge on any atom is -0.392 e. The number of aryl methyl sites for hydroxylation is 1. The van der Waals surface area contributed by atoms with Crippen LogP contribution in [0.3, 0.4) is 0 Å². The Labute approximate surface area is 394 Å². The van der Waals surface area contributed by atoms with Gasteiger partial charge in [0.05, 0.1) is 31.0 Å². The maximum Gasteiger partial charge on any atom is 0.297 e. The summed E-state index contributed by atoms with van der Waals surface area (Å²) in [4.78, 5) is 26.3. The fourth-order valence-corrected chi connectivity index (χ4v) is 9.56. The van der Waals surface area contributed by atoms with E-state index in [1.54, 1.807) is 12.1 Å². The van der Waals surface area contributed by atoms with Crippen LogP contribution in [0.15, 0.2) is 222 Å². The third-order valence-corrected chi connectivity index (χ3v) is 13.2. The topological polar surface area (TPSA) is 158 Å². The fourth-order valence-electron chi connectivity index (χ4n) is 8.62. The highest BCUT2D eigenvalue weighted by Crippen LogP contribution is 2.42. The smallest absolute Gasteiger partial charge is 0.297 e. The molecule has 7 aromatic carbocycles. The number of H-pyrrole nitrogens is 1. The second-order valence-corrected chi connectivity index (χ2v) is 17.9. The van der Waals surface area contributed by atoms with E-state index in [4.69, 9.17) is 18.6 Å². The number of imidazole rings is 1. The van der Waals surface area contributed by atoms with Gasteiger partial charge in [-0.15, -0.1) is 0 Å². The number of benzene rings is 7. The molecule has 13 heteroatoms. The lowest BCUT2D eigenvalue weighted by molar-refractivity contribution is -0.133. The predicted molar refractivity (Wildman–Crippen MR) is 261 cm³/mol. The molecule has 0 aliphatic heterocycles. The van der Waals surface area contributed by atoms with Crippen LogP contribution >= 0.6 is 0 Å². The van der Waals surface area contributed by atoms with E-state index < -0.39 is 52.4 Å². The van der Waals surface area contributed by atoms with Gasteiger partial charge in [0, 0.05) is 0 Å². The summed E-state index contributed by atoms with van der Waals surface area (Å²) in [5, 5.41) is 14.8. The molecule has 342 valence electrons. The van der Waals surface area contributed by atoms with Gasteiger partial charge in [0.25, 0.3) is 15.7 Å². The summed E-state index contributed by atoms with van der Waals surface area (Å²) >= 11 is 0. The number of fused-ring (bicyclic) bond motifs is 1. The van der Waals surface area contributed by atoms with Gasteiger partial charge in [0.1, 0.15) is 17.2 Å². The molecule has 0 bridgehead atoms. The number of aromatic nitrogens is 4. The van der Waals surface area contributed by atoms with Crippen LogP contribution in [-0.2, 0) is 34.9 Å². The van der Waals surface area contributed by atoms with Crippen LogP contribution in [0.25, 0.3) is 11.2 Å². The van der Waals surface area contributed by atoms with Gasteiger partial charge in [-0.05, 0) is 52.4 Å². The molecular formula is C55H49N5O7S. The Bertz CT molecular complexity index is 3020. The molecule has 0 spiro atoms. The second-order valence-electron chi connectivity index (χ2n) is 16.2. The molecule has 0 aliphatic rings. The van der Waals surface area contributed by atoms with Crippen LogP contribution in [0.5, 0.6) is 0 Å². The molecule has 2 heterocycles. The summed E-state index contributed by atoms with van der Waals surface area (Å²) in [5.41, 5.74) is 3.24. The van der Waals surface area contributed by atoms with Crippen molar-refractivity contribution in [2.45, 2.75) is 35.3 Å². The number of aromatic amines is 1. The highest BCUT2D eigenvalue weighted by Gasteiger charge is 2.40. The largest absolute Gasteiger partial charge is 0.392 e. The summed E-state index contributed by atoms with van der Waals surface area (Å²) in [6, 6.07) is 65.1. The standard InChI is InChI=1S/C55H49N5O7S/c1-40-32-34-48(35-33-40)68(63,64)66-38-47(37-65-55(44-26-14-5-15-27-44,45-28-16-6-17-29-45)46-30-18-7-19-31-46)67-49(36-61)60-39-56-50-51(60)57-53(58-52(50)62)59-54(41-20-8-2-9-21-41,42-22-10-3-11-23-42)43-24-12-4-13-25-43/h2-35,39,47,49,61H,36-38H2,1H3,(H2,57,58,59,62). The molecule has 2 aromatic heterocycles. The Kier molecular flexibility index (Phi) is 13.5. The second kappa shape index (κ2) is 20.1. The van der Waals surface area contributed by atoms with Crippen molar-refractivity contribution in [1.29, 1.82) is 0 Å². The van der Waals surface area contributed by atoms with Crippen molar-refractivity contribution >= 4 is 27.2 Å². The van der Waals surface area contributed by atoms with Crippen molar-refractivity contribution in [3.63, 3.8) is 0 Å². The zero-order chi connectivity index (χ0) is 47.0. The van der Waals surface area contributed by atoms with E-state index in [2.05, 4.69) is 15.3 Å². The number of anilines is 1. The number of rotatable bonds is 19. The van der Waals surface area contributed by atoms with Crippen LogP contribution in [0.4, 0.5) is 5.95 Å². The number of aliphatic hydroxyl groups excluding tert-OH is 1. The van der Waals surface area contributed by atoms with E-state index in [0.717, 1.165) is 38.9 Å². The Morgan fingerprint density at radius 1 is 0.632 bits per heavy atom. The van der Waals surface area contributed by atoms with Crippen LogP contribution < -0.4 is 10.9 Å². The van der Waals surface area contributed by atoms with Gasteiger partial charge < -0.3 is 19.9 Å². The molecular weight excluding hydrogens is 875 g/mol. The minimum atomic E-state index is -4.29. The number of aliphatic hydroxyl groups is 1. The van der Waals surface area contributed by atoms with Gasteiger partial charge >= 0.3 is 0 Å². The normalized spacial score (nSPS) is 13.0. The molecule has 9 aromatic rings. The number of hydrogen-bond donors (Lipinski definition) is 3. The molecule has 12 nitrogen and oxygen atoms in total. The third kappa shape index (κ3) is 9.26. The molecule has 0 fully saturated rings. The summed E-state index contributed by atoms with van der Waals surface area (Å²) in [6.45, 7) is 0.481. The van der Waals surface area contributed by atoms with Crippen LogP contribution in [0.1, 0.15) is 45.2 Å². The number of ether oxygens (including phenoxy) is 2. The molecule has 68 heavy (non-hydrogen) atoms. The van der Waals surface area contributed by atoms with Gasteiger partial charge in [-0.2, -0.15) is 13.4 Å². The van der Waals surface area contributed by atoms with Gasteiger partial charge in [-0.25, -0.2) is 4.98 Å². The van der Waals surface area contributed by atoms with Crippen molar-refractivity contribution in [1.82, 2.24) is 19.5 Å². The molecule has 9 rings (SSSR count). The molecule has 0 saturated carbocycles. The summed E-state index contributed by atoms with van der Waals surface area (Å²) in [6.07, 6.45) is -1.05. The zero-order valence-corrected chi connectivity index (χ0v) is 37.9. The molecule has 0 amide bonds. The first-order valence-corrected chi connectivity index (χ1v) is 23.6. The Hall–Kier alpha value is -7.52. The minimum absolute atomic E-state index is 0.00965. The number of hydrogen-bond acceptors (Lipinski definition) is 10. The molecule has 0 aliphatic carbocycles. The van der Waals surface area contributed by atoms with E-state index in [1.807, 2.05) is 189 Å². The third-order valence-electron chi connectivity index (χ3n) is 11.9. The van der Waals surface area contributed by atoms with Gasteiger partial charge in [0.15, 0.2) is 17.4 Å². The molecule has 2 unspecified atom stereocenters. The van der Waals surface area contributed by atoms with Gasteiger partial charge in [-0.3, -0.25) is 18.5 Å². The van der Waals surface area contributed by atoms with Crippen LogP contribution in [-0.4, -0.2) is 59.0 Å². The lowest BCUT2D eigenvalue weighted by Crippen LogP contribution is -2.39. The van der Waals surface area contributed by atoms with Crippen molar-refractivity contribution in [3.8, 4) is 0 Å². The quantitative estimate of drug-likeness (QED) is 0.0528. The number of nitrogens with zero attached hydrogens (tertiary/aromatic N) is 3. The molecule has 0 radical (unpaired) electrons. The average molecular weight is 924 g/mol. The molecule has 2 atom stereocenters. The van der Waals surface area contributed by atoms with Crippen molar-refractivity contribution in [3.05, 3.63) is 262 Å². The van der Waals surface area contributed by atoms with Gasteiger partial charge in [0.2, 0.25) is 5.95 Å². The molecule has 0 saturated heterocycles. The fraction of sp³-hybridized carbons (Fsp3) is 0.145. The lowest BCUT2D eigenvalue weighted by atomic mass is 9.77. The molecule has 3 N–H and O–H groups in total. The van der Waals surface area contributed by atoms with Crippen molar-refractivity contribution < 1.29 is 27.2 Å². The maximum absolute atomic E-state index is 14.0. The first-order valence-electron chi connectivity index (χ1n) is 22.2. The SMILES string of the molecule is Cc1ccc(S(=O)(=O)OCC(COC(c2ccccc2)(c2ccccc2)c2ccccc2)OC(CO)n2cnc3c(=O)[nH]c(NC(c4ccccc4)(c4ccccc4)c4ccccc4)nc32)cc1. The lowest BCUT2D eigenvalue weighted by Gasteiger charge is -2.37. The maximum atomic E-state index is 14.0. The summed E-state index contributed by atoms with van der Waals surface area (Å²) in [7, 11) is -4.29. The van der Waals surface area contributed by atoms with E-state index in [1.165, 1.54) is 23.0 Å².